The van der Waals surface area contributed by atoms with Gasteiger partial charge >= 0.3 is 0 Å². The summed E-state index contributed by atoms with van der Waals surface area (Å²) in [6.45, 7) is 10.1. The smallest absolute Gasteiger partial charge is 0.152 e. The van der Waals surface area contributed by atoms with Crippen molar-refractivity contribution in [2.45, 2.75) is 52.1 Å². The number of H-pyrrole nitrogens is 1. The van der Waals surface area contributed by atoms with Crippen molar-refractivity contribution < 1.29 is 4.79 Å². The number of nitrogens with zero attached hydrogens (tertiary/aromatic N) is 3. The molecule has 7 heteroatoms. The molecule has 1 aromatic carbocycles. The Labute approximate surface area is 189 Å². The number of piperidine rings is 1. The van der Waals surface area contributed by atoms with Gasteiger partial charge in [-0.2, -0.15) is 0 Å². The number of hydrogen-bond donors (Lipinski definition) is 3. The van der Waals surface area contributed by atoms with Crippen LogP contribution in [0.1, 0.15) is 40.5 Å². The normalized spacial score (nSPS) is 16.8. The number of aromatic nitrogens is 2. The van der Waals surface area contributed by atoms with Crippen LogP contribution in [-0.2, 0) is 4.79 Å². The Hall–Kier alpha value is -3.44. The lowest BCUT2D eigenvalue weighted by Crippen LogP contribution is -2.45. The predicted octanol–water partition coefficient (Wildman–Crippen LogP) is 4.57. The highest BCUT2D eigenvalue weighted by Gasteiger charge is 2.31. The van der Waals surface area contributed by atoms with Crippen molar-refractivity contribution in [3.8, 4) is 0 Å². The van der Waals surface area contributed by atoms with E-state index in [4.69, 9.17) is 10.7 Å². The van der Waals surface area contributed by atoms with Crippen LogP contribution in [0.3, 0.4) is 0 Å². The lowest BCUT2D eigenvalue weighted by Gasteiger charge is -2.40. The van der Waals surface area contributed by atoms with Crippen LogP contribution in [0.25, 0.3) is 10.9 Å². The van der Waals surface area contributed by atoms with Crippen LogP contribution in [0.15, 0.2) is 48.3 Å². The first-order valence-corrected chi connectivity index (χ1v) is 11.2. The summed E-state index contributed by atoms with van der Waals surface area (Å²) in [5, 5.41) is 4.60. The molecule has 4 rings (SSSR count). The van der Waals surface area contributed by atoms with Crippen LogP contribution in [0.5, 0.6) is 0 Å². The van der Waals surface area contributed by atoms with Crippen molar-refractivity contribution in [3.63, 3.8) is 0 Å². The van der Waals surface area contributed by atoms with Gasteiger partial charge in [0.05, 0.1) is 5.69 Å². The molecule has 3 heterocycles. The molecule has 4 N–H and O–H groups in total. The van der Waals surface area contributed by atoms with E-state index in [0.717, 1.165) is 53.4 Å². The Morgan fingerprint density at radius 1 is 1.31 bits per heavy atom. The minimum absolute atomic E-state index is 0.0760. The highest BCUT2D eigenvalue weighted by atomic mass is 16.1. The SMILES string of the molecule is CCN(c1ncccc1NC(C)(C)C)C1CCN(c2cc3cc(N)ccc3[nH]2)C(=C=O)C1. The number of rotatable bonds is 5. The molecule has 0 amide bonds. The molecule has 32 heavy (non-hydrogen) atoms. The number of hydrogen-bond acceptors (Lipinski definition) is 6. The van der Waals surface area contributed by atoms with E-state index in [0.29, 0.717) is 12.1 Å². The van der Waals surface area contributed by atoms with Gasteiger partial charge < -0.3 is 25.8 Å². The van der Waals surface area contributed by atoms with Crippen LogP contribution >= 0.6 is 0 Å². The molecule has 0 spiro atoms. The van der Waals surface area contributed by atoms with E-state index in [1.54, 1.807) is 0 Å². The minimum Gasteiger partial charge on any atom is -0.399 e. The van der Waals surface area contributed by atoms with E-state index in [1.807, 2.05) is 41.4 Å². The summed E-state index contributed by atoms with van der Waals surface area (Å²) in [4.78, 5) is 24.4. The van der Waals surface area contributed by atoms with E-state index < -0.39 is 0 Å². The molecule has 1 fully saturated rings. The lowest BCUT2D eigenvalue weighted by molar-refractivity contribution is 0.499. The Kier molecular flexibility index (Phi) is 5.85. The molecule has 1 saturated heterocycles. The van der Waals surface area contributed by atoms with Gasteiger partial charge in [0.2, 0.25) is 0 Å². The highest BCUT2D eigenvalue weighted by molar-refractivity contribution is 5.87. The molecule has 1 aliphatic heterocycles. The second-order valence-corrected chi connectivity index (χ2v) is 9.38. The van der Waals surface area contributed by atoms with Crippen molar-refractivity contribution in [3.05, 3.63) is 48.3 Å². The molecule has 0 radical (unpaired) electrons. The van der Waals surface area contributed by atoms with Gasteiger partial charge in [0.1, 0.15) is 17.5 Å². The van der Waals surface area contributed by atoms with Crippen molar-refractivity contribution in [2.24, 2.45) is 0 Å². The monoisotopic (exact) mass is 432 g/mol. The number of nitrogens with one attached hydrogen (secondary N) is 2. The van der Waals surface area contributed by atoms with Crippen LogP contribution in [0, 0.1) is 0 Å². The summed E-state index contributed by atoms with van der Waals surface area (Å²) in [6.07, 6.45) is 3.34. The van der Waals surface area contributed by atoms with Crippen molar-refractivity contribution in [1.29, 1.82) is 0 Å². The van der Waals surface area contributed by atoms with Gasteiger partial charge in [0.15, 0.2) is 5.82 Å². The Balaban J connectivity index is 1.59. The van der Waals surface area contributed by atoms with Gasteiger partial charge in [-0.3, -0.25) is 0 Å². The van der Waals surface area contributed by atoms with Gasteiger partial charge in [-0.15, -0.1) is 0 Å². The number of anilines is 4. The minimum atomic E-state index is -0.0760. The summed E-state index contributed by atoms with van der Waals surface area (Å²) in [7, 11) is 0. The molecule has 0 bridgehead atoms. The molecule has 0 saturated carbocycles. The van der Waals surface area contributed by atoms with E-state index in [9.17, 15) is 4.79 Å². The molecular formula is C25H32N6O. The number of aromatic amines is 1. The first kappa shape index (κ1) is 21.8. The number of fused-ring (bicyclic) bond motifs is 1. The summed E-state index contributed by atoms with van der Waals surface area (Å²) >= 11 is 0. The largest absolute Gasteiger partial charge is 0.399 e. The summed E-state index contributed by atoms with van der Waals surface area (Å²) in [6, 6.07) is 12.0. The lowest BCUT2D eigenvalue weighted by atomic mass is 9.99. The third kappa shape index (κ3) is 4.43. The fourth-order valence-corrected chi connectivity index (χ4v) is 4.47. The molecule has 7 nitrogen and oxygen atoms in total. The summed E-state index contributed by atoms with van der Waals surface area (Å²) in [5.74, 6) is 4.03. The maximum Gasteiger partial charge on any atom is 0.152 e. The van der Waals surface area contributed by atoms with Crippen LogP contribution < -0.4 is 20.9 Å². The zero-order chi connectivity index (χ0) is 22.9. The molecule has 2 aromatic heterocycles. The van der Waals surface area contributed by atoms with Crippen LogP contribution in [0.2, 0.25) is 0 Å². The molecule has 168 valence electrons. The van der Waals surface area contributed by atoms with Crippen LogP contribution in [0.4, 0.5) is 23.0 Å². The summed E-state index contributed by atoms with van der Waals surface area (Å²) in [5.41, 5.74) is 9.24. The number of carbonyl (C=O) groups excluding carboxylic acids is 1. The molecule has 3 aromatic rings. The van der Waals surface area contributed by atoms with E-state index >= 15 is 0 Å². The third-order valence-corrected chi connectivity index (χ3v) is 5.83. The first-order chi connectivity index (χ1) is 15.3. The number of benzene rings is 1. The topological polar surface area (TPSA) is 90.3 Å². The zero-order valence-electron chi connectivity index (χ0n) is 19.3. The maximum atomic E-state index is 12.0. The highest BCUT2D eigenvalue weighted by Crippen LogP contribution is 2.34. The zero-order valence-corrected chi connectivity index (χ0v) is 19.3. The Bertz CT molecular complexity index is 1150. The first-order valence-electron chi connectivity index (χ1n) is 11.2. The summed E-state index contributed by atoms with van der Waals surface area (Å²) < 4.78 is 0. The number of nitrogens with two attached hydrogens (primary N) is 1. The van der Waals surface area contributed by atoms with Crippen molar-refractivity contribution >= 4 is 39.9 Å². The van der Waals surface area contributed by atoms with Gasteiger partial charge in [0, 0.05) is 53.9 Å². The van der Waals surface area contributed by atoms with Gasteiger partial charge in [-0.05, 0) is 70.5 Å². The second kappa shape index (κ2) is 8.60. The standard InChI is InChI=1S/C25H32N6O/c1-5-30(24-22(7-6-11-27-24)29-25(2,3)4)19-10-12-31(20(15-19)16-32)23-14-17-13-18(26)8-9-21(17)28-23/h6-9,11,13-14,19,28-29H,5,10,12,15,26H2,1-4H3. The number of pyridine rings is 1. The quantitative estimate of drug-likeness (QED) is 0.404. The molecule has 1 aliphatic rings. The Morgan fingerprint density at radius 2 is 2.12 bits per heavy atom. The van der Waals surface area contributed by atoms with Gasteiger partial charge in [-0.25, -0.2) is 9.78 Å². The van der Waals surface area contributed by atoms with Crippen molar-refractivity contribution in [2.75, 3.05) is 33.9 Å². The van der Waals surface area contributed by atoms with Crippen LogP contribution in [-0.4, -0.2) is 40.6 Å². The van der Waals surface area contributed by atoms with E-state index in [2.05, 4.69) is 54.9 Å². The van der Waals surface area contributed by atoms with E-state index in [-0.39, 0.29) is 11.6 Å². The fourth-order valence-electron chi connectivity index (χ4n) is 4.47. The predicted molar refractivity (Wildman–Crippen MR) is 133 cm³/mol. The van der Waals surface area contributed by atoms with E-state index in [1.165, 1.54) is 0 Å². The average molecular weight is 433 g/mol. The second-order valence-electron chi connectivity index (χ2n) is 9.38. The fraction of sp³-hybridized carbons (Fsp3) is 0.400. The van der Waals surface area contributed by atoms with Crippen molar-refractivity contribution in [1.82, 2.24) is 9.97 Å². The molecule has 1 atom stereocenters. The van der Waals surface area contributed by atoms with Gasteiger partial charge in [0.25, 0.3) is 0 Å². The van der Waals surface area contributed by atoms with Gasteiger partial charge in [-0.1, -0.05) is 0 Å². The maximum absolute atomic E-state index is 12.0. The molecule has 0 aliphatic carbocycles. The molecule has 1 unspecified atom stereocenters. The average Bonchev–Trinajstić information content (AvgIpc) is 3.17. The third-order valence-electron chi connectivity index (χ3n) is 5.83. The Morgan fingerprint density at radius 3 is 2.84 bits per heavy atom. The molecular weight excluding hydrogens is 400 g/mol. The number of nitrogen functional groups attached to an aromatic ring is 1.